The Bertz CT molecular complexity index is 500. The van der Waals surface area contributed by atoms with E-state index in [1.54, 1.807) is 0 Å². The first-order valence-corrected chi connectivity index (χ1v) is 5.69. The van der Waals surface area contributed by atoms with Crippen molar-refractivity contribution in [3.63, 3.8) is 0 Å². The summed E-state index contributed by atoms with van der Waals surface area (Å²) in [6.45, 7) is 0.836. The second kappa shape index (κ2) is 3.79. The van der Waals surface area contributed by atoms with E-state index in [1.165, 1.54) is 6.42 Å². The van der Waals surface area contributed by atoms with Gasteiger partial charge in [-0.3, -0.25) is 0 Å². The maximum atomic E-state index is 5.73. The molecule has 0 radical (unpaired) electrons. The van der Waals surface area contributed by atoms with E-state index in [4.69, 9.17) is 10.5 Å². The fourth-order valence-corrected chi connectivity index (χ4v) is 2.13. The van der Waals surface area contributed by atoms with Crippen molar-refractivity contribution >= 4 is 16.6 Å². The summed E-state index contributed by atoms with van der Waals surface area (Å²) in [5.74, 6) is 0. The Balaban J connectivity index is 1.97. The van der Waals surface area contributed by atoms with Crippen LogP contribution in [0.2, 0.25) is 0 Å². The van der Waals surface area contributed by atoms with E-state index in [1.807, 2.05) is 29.1 Å². The van der Waals surface area contributed by atoms with E-state index in [9.17, 15) is 0 Å². The van der Waals surface area contributed by atoms with Gasteiger partial charge in [0.1, 0.15) is 6.23 Å². The van der Waals surface area contributed by atoms with Crippen molar-refractivity contribution < 1.29 is 4.74 Å². The highest BCUT2D eigenvalue weighted by Gasteiger charge is 2.16. The molecular formula is C12H15N3O. The predicted octanol–water partition coefficient (Wildman–Crippen LogP) is 2.32. The predicted molar refractivity (Wildman–Crippen MR) is 63.0 cm³/mol. The van der Waals surface area contributed by atoms with Gasteiger partial charge in [-0.05, 0) is 37.5 Å². The standard InChI is InChI=1S/C12H15N3O/c13-10-5-4-9-8-15(14-11(9)7-10)12-3-1-2-6-16-12/h4-5,7-8,12H,1-3,6,13H2. The lowest BCUT2D eigenvalue weighted by Gasteiger charge is -2.22. The summed E-state index contributed by atoms with van der Waals surface area (Å²) >= 11 is 0. The third-order valence-corrected chi connectivity index (χ3v) is 3.00. The van der Waals surface area contributed by atoms with Crippen molar-refractivity contribution in [2.45, 2.75) is 25.5 Å². The van der Waals surface area contributed by atoms with Crippen LogP contribution >= 0.6 is 0 Å². The number of nitrogens with two attached hydrogens (primary N) is 1. The molecule has 0 spiro atoms. The first kappa shape index (κ1) is 9.66. The molecule has 0 bridgehead atoms. The normalized spacial score (nSPS) is 21.4. The molecule has 2 N–H and O–H groups in total. The van der Waals surface area contributed by atoms with Gasteiger partial charge in [0.2, 0.25) is 0 Å². The lowest BCUT2D eigenvalue weighted by Crippen LogP contribution is -2.18. The van der Waals surface area contributed by atoms with Crippen LogP contribution in [0.25, 0.3) is 10.9 Å². The van der Waals surface area contributed by atoms with Crippen LogP contribution in [0.5, 0.6) is 0 Å². The number of nitrogens with zero attached hydrogens (tertiary/aromatic N) is 2. The summed E-state index contributed by atoms with van der Waals surface area (Å²) in [6, 6.07) is 5.79. The summed E-state index contributed by atoms with van der Waals surface area (Å²) in [7, 11) is 0. The van der Waals surface area contributed by atoms with Crippen molar-refractivity contribution in [3.8, 4) is 0 Å². The first-order chi connectivity index (χ1) is 7.83. The van der Waals surface area contributed by atoms with Crippen molar-refractivity contribution in [1.82, 2.24) is 9.78 Å². The Labute approximate surface area is 94.0 Å². The zero-order chi connectivity index (χ0) is 11.0. The zero-order valence-corrected chi connectivity index (χ0v) is 9.10. The van der Waals surface area contributed by atoms with Crippen LogP contribution in [0.3, 0.4) is 0 Å². The van der Waals surface area contributed by atoms with Crippen molar-refractivity contribution in [1.29, 1.82) is 0 Å². The number of fused-ring (bicyclic) bond motifs is 1. The van der Waals surface area contributed by atoms with E-state index >= 15 is 0 Å². The van der Waals surface area contributed by atoms with E-state index in [0.717, 1.165) is 36.0 Å². The molecule has 1 aromatic heterocycles. The van der Waals surface area contributed by atoms with E-state index < -0.39 is 0 Å². The number of aromatic nitrogens is 2. The van der Waals surface area contributed by atoms with Crippen LogP contribution in [0, 0.1) is 0 Å². The van der Waals surface area contributed by atoms with Gasteiger partial charge in [-0.15, -0.1) is 0 Å². The topological polar surface area (TPSA) is 53.1 Å². The lowest BCUT2D eigenvalue weighted by molar-refractivity contribution is -0.0390. The molecular weight excluding hydrogens is 202 g/mol. The molecule has 3 rings (SSSR count). The largest absolute Gasteiger partial charge is 0.399 e. The van der Waals surface area contributed by atoms with Crippen LogP contribution in [-0.2, 0) is 4.74 Å². The molecule has 84 valence electrons. The van der Waals surface area contributed by atoms with Gasteiger partial charge in [0.05, 0.1) is 5.52 Å². The van der Waals surface area contributed by atoms with Gasteiger partial charge >= 0.3 is 0 Å². The zero-order valence-electron chi connectivity index (χ0n) is 9.10. The number of benzene rings is 1. The van der Waals surface area contributed by atoms with E-state index in [-0.39, 0.29) is 6.23 Å². The number of ether oxygens (including phenoxy) is 1. The Morgan fingerprint density at radius 2 is 2.31 bits per heavy atom. The van der Waals surface area contributed by atoms with Gasteiger partial charge < -0.3 is 10.5 Å². The molecule has 16 heavy (non-hydrogen) atoms. The number of hydrogen-bond acceptors (Lipinski definition) is 3. The highest BCUT2D eigenvalue weighted by atomic mass is 16.5. The third-order valence-electron chi connectivity index (χ3n) is 3.00. The molecule has 1 unspecified atom stereocenters. The van der Waals surface area contributed by atoms with E-state index in [2.05, 4.69) is 5.10 Å². The molecule has 1 aliphatic heterocycles. The Kier molecular flexibility index (Phi) is 2.29. The van der Waals surface area contributed by atoms with Gasteiger partial charge in [-0.25, -0.2) is 4.68 Å². The number of rotatable bonds is 1. The van der Waals surface area contributed by atoms with Crippen LogP contribution in [0.15, 0.2) is 24.4 Å². The molecule has 0 amide bonds. The first-order valence-electron chi connectivity index (χ1n) is 5.69. The van der Waals surface area contributed by atoms with E-state index in [0.29, 0.717) is 0 Å². The number of anilines is 1. The second-order valence-corrected chi connectivity index (χ2v) is 4.25. The molecule has 4 heteroatoms. The van der Waals surface area contributed by atoms with Crippen molar-refractivity contribution in [3.05, 3.63) is 24.4 Å². The Morgan fingerprint density at radius 3 is 3.12 bits per heavy atom. The average molecular weight is 217 g/mol. The summed E-state index contributed by atoms with van der Waals surface area (Å²) in [4.78, 5) is 0. The molecule has 4 nitrogen and oxygen atoms in total. The van der Waals surface area contributed by atoms with Gasteiger partial charge in [0, 0.05) is 23.9 Å². The summed E-state index contributed by atoms with van der Waals surface area (Å²) in [5, 5.41) is 5.62. The van der Waals surface area contributed by atoms with Crippen LogP contribution in [0.4, 0.5) is 5.69 Å². The molecule has 0 saturated carbocycles. The molecule has 1 aliphatic rings. The minimum Gasteiger partial charge on any atom is -0.399 e. The molecule has 1 atom stereocenters. The van der Waals surface area contributed by atoms with Crippen molar-refractivity contribution in [2.24, 2.45) is 0 Å². The molecule has 1 aromatic carbocycles. The van der Waals surface area contributed by atoms with Gasteiger partial charge in [-0.2, -0.15) is 5.10 Å². The average Bonchev–Trinajstić information content (AvgIpc) is 2.73. The van der Waals surface area contributed by atoms with Crippen LogP contribution < -0.4 is 5.73 Å². The highest BCUT2D eigenvalue weighted by molar-refractivity contribution is 5.81. The molecule has 2 aromatic rings. The SMILES string of the molecule is Nc1ccc2cn(C3CCCCO3)nc2c1. The monoisotopic (exact) mass is 217 g/mol. The Morgan fingerprint density at radius 1 is 1.38 bits per heavy atom. The summed E-state index contributed by atoms with van der Waals surface area (Å²) < 4.78 is 7.61. The lowest BCUT2D eigenvalue weighted by atomic mass is 10.2. The summed E-state index contributed by atoms with van der Waals surface area (Å²) in [5.41, 5.74) is 7.42. The van der Waals surface area contributed by atoms with Gasteiger partial charge in [0.15, 0.2) is 0 Å². The number of nitrogen functional groups attached to an aromatic ring is 1. The smallest absolute Gasteiger partial charge is 0.150 e. The van der Waals surface area contributed by atoms with Crippen molar-refractivity contribution in [2.75, 3.05) is 12.3 Å². The molecule has 0 aliphatic carbocycles. The molecule has 1 fully saturated rings. The van der Waals surface area contributed by atoms with Crippen LogP contribution in [0.1, 0.15) is 25.5 Å². The maximum absolute atomic E-state index is 5.73. The highest BCUT2D eigenvalue weighted by Crippen LogP contribution is 2.24. The second-order valence-electron chi connectivity index (χ2n) is 4.25. The van der Waals surface area contributed by atoms with Gasteiger partial charge in [-0.1, -0.05) is 0 Å². The Hall–Kier alpha value is -1.55. The molecule has 1 saturated heterocycles. The minimum absolute atomic E-state index is 0.0994. The maximum Gasteiger partial charge on any atom is 0.150 e. The van der Waals surface area contributed by atoms with Gasteiger partial charge in [0.25, 0.3) is 0 Å². The minimum atomic E-state index is 0.0994. The fourth-order valence-electron chi connectivity index (χ4n) is 2.13. The fraction of sp³-hybridized carbons (Fsp3) is 0.417. The summed E-state index contributed by atoms with van der Waals surface area (Å²) in [6.07, 6.45) is 5.55. The quantitative estimate of drug-likeness (QED) is 0.746. The third kappa shape index (κ3) is 1.65. The molecule has 2 heterocycles. The number of hydrogen-bond donors (Lipinski definition) is 1. The van der Waals surface area contributed by atoms with Crippen LogP contribution in [-0.4, -0.2) is 16.4 Å².